The second kappa shape index (κ2) is 10.3. The van der Waals surface area contributed by atoms with Crippen LogP contribution in [0.2, 0.25) is 6.04 Å². The highest BCUT2D eigenvalue weighted by Crippen LogP contribution is 2.27. The SMILES string of the molecule is C(=Cc1ccccc1)C[Si](Oc1ccccc1)(Oc1ccccc1)Oc1ccccc1. The molecule has 4 rings (SSSR count). The lowest BCUT2D eigenvalue weighted by Crippen LogP contribution is -2.54. The minimum Gasteiger partial charge on any atom is -0.483 e. The minimum absolute atomic E-state index is 0.501. The highest BCUT2D eigenvalue weighted by Gasteiger charge is 2.48. The molecule has 4 heteroatoms. The van der Waals surface area contributed by atoms with Gasteiger partial charge >= 0.3 is 8.80 Å². The van der Waals surface area contributed by atoms with Gasteiger partial charge in [0, 0.05) is 0 Å². The summed E-state index contributed by atoms with van der Waals surface area (Å²) in [6.07, 6.45) is 4.13. The maximum absolute atomic E-state index is 6.49. The molecule has 0 N–H and O–H groups in total. The van der Waals surface area contributed by atoms with Gasteiger partial charge in [-0.2, -0.15) is 0 Å². The van der Waals surface area contributed by atoms with Gasteiger partial charge in [-0.25, -0.2) is 0 Å². The second-order valence-electron chi connectivity index (χ2n) is 6.95. The van der Waals surface area contributed by atoms with Crippen LogP contribution in [0.1, 0.15) is 5.56 Å². The summed E-state index contributed by atoms with van der Waals surface area (Å²) < 4.78 is 19.5. The summed E-state index contributed by atoms with van der Waals surface area (Å²) in [7, 11) is -3.26. The molecule has 4 aromatic rings. The van der Waals surface area contributed by atoms with Crippen LogP contribution in [0.5, 0.6) is 17.2 Å². The number of hydrogen-bond acceptors (Lipinski definition) is 3. The van der Waals surface area contributed by atoms with Gasteiger partial charge in [0.2, 0.25) is 0 Å². The first kappa shape index (κ1) is 20.5. The van der Waals surface area contributed by atoms with Crippen molar-refractivity contribution >= 4 is 14.9 Å². The van der Waals surface area contributed by atoms with E-state index in [9.17, 15) is 0 Å². The summed E-state index contributed by atoms with van der Waals surface area (Å²) in [5.41, 5.74) is 1.12. The van der Waals surface area contributed by atoms with Gasteiger partial charge in [-0.1, -0.05) is 97.1 Å². The van der Waals surface area contributed by atoms with Crippen molar-refractivity contribution in [2.24, 2.45) is 0 Å². The Kier molecular flexibility index (Phi) is 6.83. The molecule has 0 bridgehead atoms. The fourth-order valence-electron chi connectivity index (χ4n) is 3.10. The van der Waals surface area contributed by atoms with E-state index in [-0.39, 0.29) is 0 Å². The molecule has 3 nitrogen and oxygen atoms in total. The summed E-state index contributed by atoms with van der Waals surface area (Å²) in [4.78, 5) is 0. The van der Waals surface area contributed by atoms with Gasteiger partial charge in [-0.05, 0) is 42.0 Å². The number of benzene rings is 4. The average Bonchev–Trinajstić information content (AvgIpc) is 2.82. The highest BCUT2D eigenvalue weighted by atomic mass is 28.4. The van der Waals surface area contributed by atoms with Gasteiger partial charge in [0.05, 0.1) is 6.04 Å². The fourth-order valence-corrected chi connectivity index (χ4v) is 5.36. The molecule has 0 spiro atoms. The Labute approximate surface area is 184 Å². The topological polar surface area (TPSA) is 27.7 Å². The Morgan fingerprint density at radius 2 is 0.839 bits per heavy atom. The van der Waals surface area contributed by atoms with Crippen molar-refractivity contribution < 1.29 is 13.3 Å². The van der Waals surface area contributed by atoms with Gasteiger partial charge in [0.15, 0.2) is 0 Å². The van der Waals surface area contributed by atoms with E-state index in [2.05, 4.69) is 24.3 Å². The molecule has 0 aliphatic carbocycles. The normalized spacial score (nSPS) is 11.2. The summed E-state index contributed by atoms with van der Waals surface area (Å²) in [5, 5.41) is 0. The third-order valence-electron chi connectivity index (χ3n) is 4.53. The van der Waals surface area contributed by atoms with Crippen LogP contribution in [0, 0.1) is 0 Å². The first-order valence-electron chi connectivity index (χ1n) is 10.3. The summed E-state index contributed by atoms with van der Waals surface area (Å²) in [6.45, 7) is 0. The first-order chi connectivity index (χ1) is 15.3. The number of rotatable bonds is 9. The number of hydrogen-bond donors (Lipinski definition) is 0. The van der Waals surface area contributed by atoms with E-state index in [1.807, 2.05) is 109 Å². The average molecular weight is 425 g/mol. The predicted molar refractivity (Wildman–Crippen MR) is 127 cm³/mol. The van der Waals surface area contributed by atoms with Crippen molar-refractivity contribution in [3.8, 4) is 17.2 Å². The smallest absolute Gasteiger partial charge is 0.483 e. The number of allylic oxidation sites excluding steroid dienone is 1. The zero-order valence-corrected chi connectivity index (χ0v) is 18.1. The molecule has 0 heterocycles. The predicted octanol–water partition coefficient (Wildman–Crippen LogP) is 6.88. The molecule has 0 fully saturated rings. The van der Waals surface area contributed by atoms with E-state index in [1.54, 1.807) is 0 Å². The van der Waals surface area contributed by atoms with E-state index in [1.165, 1.54) is 0 Å². The van der Waals surface area contributed by atoms with Gasteiger partial charge in [-0.3, -0.25) is 0 Å². The molecule has 154 valence electrons. The fraction of sp³-hybridized carbons (Fsp3) is 0.0370. The molecule has 0 atom stereocenters. The molecular weight excluding hydrogens is 400 g/mol. The lowest BCUT2D eigenvalue weighted by molar-refractivity contribution is 0.265. The molecule has 0 unspecified atom stereocenters. The molecule has 0 radical (unpaired) electrons. The largest absolute Gasteiger partial charge is 0.703 e. The van der Waals surface area contributed by atoms with E-state index >= 15 is 0 Å². The lowest BCUT2D eigenvalue weighted by Gasteiger charge is -2.29. The quantitative estimate of drug-likeness (QED) is 0.274. The Bertz CT molecular complexity index is 967. The maximum Gasteiger partial charge on any atom is 0.703 e. The van der Waals surface area contributed by atoms with Crippen LogP contribution >= 0.6 is 0 Å². The van der Waals surface area contributed by atoms with Crippen LogP contribution in [0.4, 0.5) is 0 Å². The molecule has 31 heavy (non-hydrogen) atoms. The van der Waals surface area contributed by atoms with Crippen molar-refractivity contribution in [2.45, 2.75) is 6.04 Å². The standard InChI is InChI=1S/C27H24O3Si/c1-5-14-24(15-6-1)16-13-23-31(28-25-17-7-2-8-18-25,29-26-19-9-3-10-20-26)30-27-21-11-4-12-22-27/h1-22H,23H2. The van der Waals surface area contributed by atoms with E-state index in [0.717, 1.165) is 5.56 Å². The van der Waals surface area contributed by atoms with Crippen LogP contribution in [0.3, 0.4) is 0 Å². The maximum atomic E-state index is 6.49. The summed E-state index contributed by atoms with van der Waals surface area (Å²) in [6, 6.07) is 39.7. The van der Waals surface area contributed by atoms with E-state index < -0.39 is 8.80 Å². The molecule has 0 aromatic heterocycles. The zero-order valence-electron chi connectivity index (χ0n) is 17.1. The lowest BCUT2D eigenvalue weighted by atomic mass is 10.2. The van der Waals surface area contributed by atoms with Crippen molar-refractivity contribution in [2.75, 3.05) is 0 Å². The van der Waals surface area contributed by atoms with E-state index in [0.29, 0.717) is 23.3 Å². The van der Waals surface area contributed by atoms with Crippen molar-refractivity contribution in [3.63, 3.8) is 0 Å². The highest BCUT2D eigenvalue weighted by molar-refractivity contribution is 6.63. The molecule has 0 saturated carbocycles. The van der Waals surface area contributed by atoms with Crippen LogP contribution in [-0.2, 0) is 0 Å². The minimum atomic E-state index is -3.26. The Hall–Kier alpha value is -3.76. The first-order valence-corrected chi connectivity index (χ1v) is 12.2. The van der Waals surface area contributed by atoms with Crippen LogP contribution in [0.25, 0.3) is 6.08 Å². The van der Waals surface area contributed by atoms with Gasteiger partial charge < -0.3 is 13.3 Å². The van der Waals surface area contributed by atoms with Crippen LogP contribution in [0.15, 0.2) is 127 Å². The third-order valence-corrected chi connectivity index (χ3v) is 6.90. The van der Waals surface area contributed by atoms with Crippen molar-refractivity contribution in [1.82, 2.24) is 0 Å². The summed E-state index contributed by atoms with van der Waals surface area (Å²) >= 11 is 0. The molecule has 0 saturated heterocycles. The van der Waals surface area contributed by atoms with Crippen molar-refractivity contribution in [3.05, 3.63) is 133 Å². The van der Waals surface area contributed by atoms with Crippen LogP contribution in [-0.4, -0.2) is 8.80 Å². The van der Waals surface area contributed by atoms with Gasteiger partial charge in [0.25, 0.3) is 0 Å². The number of para-hydroxylation sites is 3. The molecule has 0 aliphatic heterocycles. The Morgan fingerprint density at radius 1 is 0.484 bits per heavy atom. The van der Waals surface area contributed by atoms with E-state index in [4.69, 9.17) is 13.3 Å². The summed E-state index contributed by atoms with van der Waals surface area (Å²) in [5.74, 6) is 2.15. The Balaban J connectivity index is 1.69. The van der Waals surface area contributed by atoms with Gasteiger partial charge in [0.1, 0.15) is 17.2 Å². The molecule has 0 amide bonds. The third kappa shape index (κ3) is 6.11. The van der Waals surface area contributed by atoms with Crippen molar-refractivity contribution in [1.29, 1.82) is 0 Å². The Morgan fingerprint density at radius 3 is 1.23 bits per heavy atom. The molecular formula is C27H24O3Si. The van der Waals surface area contributed by atoms with Gasteiger partial charge in [-0.15, -0.1) is 0 Å². The zero-order chi connectivity index (χ0) is 21.2. The monoisotopic (exact) mass is 424 g/mol. The second-order valence-corrected chi connectivity index (χ2v) is 9.33. The molecule has 4 aromatic carbocycles. The van der Waals surface area contributed by atoms with Crippen LogP contribution < -0.4 is 13.3 Å². The molecule has 0 aliphatic rings.